The van der Waals surface area contributed by atoms with E-state index in [1.165, 1.54) is 20.3 Å². The van der Waals surface area contributed by atoms with Crippen LogP contribution in [0.4, 0.5) is 0 Å². The van der Waals surface area contributed by atoms with Gasteiger partial charge < -0.3 is 19.7 Å². The summed E-state index contributed by atoms with van der Waals surface area (Å²) in [6.45, 7) is 1.57. The SMILES string of the molecule is COC(=O)c1c(C)cc(O)c(OC)c1O. The second-order valence-electron chi connectivity index (χ2n) is 2.96. The van der Waals surface area contributed by atoms with Crippen LogP contribution in [0.2, 0.25) is 0 Å². The van der Waals surface area contributed by atoms with Crippen molar-refractivity contribution in [2.24, 2.45) is 0 Å². The monoisotopic (exact) mass is 212 g/mol. The molecule has 0 saturated carbocycles. The molecule has 1 aromatic rings. The standard InChI is InChI=1S/C10H12O5/c1-5-4-6(11)9(14-2)8(12)7(5)10(13)15-3/h4,11-12H,1-3H3. The van der Waals surface area contributed by atoms with E-state index in [4.69, 9.17) is 4.74 Å². The van der Waals surface area contributed by atoms with Gasteiger partial charge in [-0.3, -0.25) is 0 Å². The lowest BCUT2D eigenvalue weighted by Gasteiger charge is -2.11. The lowest BCUT2D eigenvalue weighted by molar-refractivity contribution is 0.0596. The maximum Gasteiger partial charge on any atom is 0.342 e. The first-order valence-electron chi connectivity index (χ1n) is 4.20. The molecule has 1 aromatic carbocycles. The van der Waals surface area contributed by atoms with Crippen molar-refractivity contribution in [3.8, 4) is 17.2 Å². The number of aromatic hydroxyl groups is 2. The van der Waals surface area contributed by atoms with Crippen molar-refractivity contribution in [3.05, 3.63) is 17.2 Å². The van der Waals surface area contributed by atoms with Gasteiger partial charge in [0.2, 0.25) is 5.75 Å². The lowest BCUT2D eigenvalue weighted by atomic mass is 10.1. The molecule has 5 heteroatoms. The molecule has 0 unspecified atom stereocenters. The highest BCUT2D eigenvalue weighted by atomic mass is 16.5. The van der Waals surface area contributed by atoms with Crippen molar-refractivity contribution in [2.45, 2.75) is 6.92 Å². The van der Waals surface area contributed by atoms with Crippen LogP contribution in [-0.2, 0) is 4.74 Å². The number of benzene rings is 1. The molecular weight excluding hydrogens is 200 g/mol. The Balaban J connectivity index is 3.45. The number of rotatable bonds is 2. The second kappa shape index (κ2) is 4.08. The van der Waals surface area contributed by atoms with Gasteiger partial charge in [0.15, 0.2) is 11.5 Å². The Kier molecular flexibility index (Phi) is 3.04. The second-order valence-corrected chi connectivity index (χ2v) is 2.96. The zero-order valence-electron chi connectivity index (χ0n) is 8.70. The number of esters is 1. The van der Waals surface area contributed by atoms with Crippen LogP contribution in [0.3, 0.4) is 0 Å². The number of hydrogen-bond donors (Lipinski definition) is 2. The highest BCUT2D eigenvalue weighted by Crippen LogP contribution is 2.40. The highest BCUT2D eigenvalue weighted by molar-refractivity contribution is 5.95. The topological polar surface area (TPSA) is 76.0 Å². The summed E-state index contributed by atoms with van der Waals surface area (Å²) in [5.74, 6) is -1.45. The van der Waals surface area contributed by atoms with Gasteiger partial charge in [-0.2, -0.15) is 0 Å². The Morgan fingerprint density at radius 3 is 2.40 bits per heavy atom. The van der Waals surface area contributed by atoms with E-state index in [1.807, 2.05) is 0 Å². The van der Waals surface area contributed by atoms with E-state index >= 15 is 0 Å². The number of carbonyl (C=O) groups is 1. The van der Waals surface area contributed by atoms with Crippen molar-refractivity contribution >= 4 is 5.97 Å². The van der Waals surface area contributed by atoms with Crippen LogP contribution in [0.5, 0.6) is 17.2 Å². The predicted octanol–water partition coefficient (Wildman–Crippen LogP) is 1.20. The van der Waals surface area contributed by atoms with Crippen LogP contribution in [-0.4, -0.2) is 30.4 Å². The zero-order valence-corrected chi connectivity index (χ0v) is 8.70. The minimum absolute atomic E-state index is 0.00727. The Hall–Kier alpha value is -1.91. The summed E-state index contributed by atoms with van der Waals surface area (Å²) in [5.41, 5.74) is 0.407. The Labute approximate surface area is 86.9 Å². The van der Waals surface area contributed by atoms with Gasteiger partial charge in [-0.1, -0.05) is 0 Å². The molecule has 0 radical (unpaired) electrons. The maximum atomic E-state index is 11.3. The molecule has 82 valence electrons. The van der Waals surface area contributed by atoms with Gasteiger partial charge in [-0.05, 0) is 18.6 Å². The average molecular weight is 212 g/mol. The van der Waals surface area contributed by atoms with E-state index in [9.17, 15) is 15.0 Å². The van der Waals surface area contributed by atoms with Crippen LogP contribution in [0.25, 0.3) is 0 Å². The van der Waals surface area contributed by atoms with Crippen LogP contribution in [0.15, 0.2) is 6.07 Å². The molecular formula is C10H12O5. The minimum Gasteiger partial charge on any atom is -0.504 e. The van der Waals surface area contributed by atoms with Crippen LogP contribution in [0, 0.1) is 6.92 Å². The zero-order chi connectivity index (χ0) is 11.6. The molecule has 0 heterocycles. The molecule has 0 bridgehead atoms. The fraction of sp³-hybridized carbons (Fsp3) is 0.300. The number of carbonyl (C=O) groups excluding carboxylic acids is 1. The van der Waals surface area contributed by atoms with E-state index < -0.39 is 11.7 Å². The fourth-order valence-electron chi connectivity index (χ4n) is 1.33. The van der Waals surface area contributed by atoms with Gasteiger partial charge in [0, 0.05) is 0 Å². The van der Waals surface area contributed by atoms with Gasteiger partial charge in [0.05, 0.1) is 14.2 Å². The van der Waals surface area contributed by atoms with Crippen LogP contribution in [0.1, 0.15) is 15.9 Å². The van der Waals surface area contributed by atoms with Crippen molar-refractivity contribution in [3.63, 3.8) is 0 Å². The summed E-state index contributed by atoms with van der Waals surface area (Å²) in [7, 11) is 2.49. The number of hydrogen-bond acceptors (Lipinski definition) is 5. The average Bonchev–Trinajstić information content (AvgIpc) is 2.17. The molecule has 0 aliphatic rings. The number of methoxy groups -OCH3 is 2. The number of aryl methyl sites for hydroxylation is 1. The van der Waals surface area contributed by atoms with Gasteiger partial charge in [0.25, 0.3) is 0 Å². The fourth-order valence-corrected chi connectivity index (χ4v) is 1.33. The van der Waals surface area contributed by atoms with E-state index in [2.05, 4.69) is 4.74 Å². The molecule has 5 nitrogen and oxygen atoms in total. The molecule has 0 aromatic heterocycles. The lowest BCUT2D eigenvalue weighted by Crippen LogP contribution is -2.05. The molecule has 0 spiro atoms. The normalized spacial score (nSPS) is 9.80. The van der Waals surface area contributed by atoms with Crippen molar-refractivity contribution < 1.29 is 24.5 Å². The smallest absolute Gasteiger partial charge is 0.342 e. The molecule has 2 N–H and O–H groups in total. The first-order valence-corrected chi connectivity index (χ1v) is 4.20. The Morgan fingerprint density at radius 2 is 1.93 bits per heavy atom. The molecule has 0 atom stereocenters. The summed E-state index contributed by atoms with van der Waals surface area (Å²) >= 11 is 0. The minimum atomic E-state index is -0.678. The van der Waals surface area contributed by atoms with Crippen LogP contribution >= 0.6 is 0 Å². The van der Waals surface area contributed by atoms with Crippen LogP contribution < -0.4 is 4.74 Å². The predicted molar refractivity (Wildman–Crippen MR) is 52.4 cm³/mol. The summed E-state index contributed by atoms with van der Waals surface area (Å²) < 4.78 is 9.26. The highest BCUT2D eigenvalue weighted by Gasteiger charge is 2.21. The maximum absolute atomic E-state index is 11.3. The molecule has 1 rings (SSSR count). The summed E-state index contributed by atoms with van der Waals surface area (Å²) in [6.07, 6.45) is 0. The molecule has 0 fully saturated rings. The molecule has 0 saturated heterocycles. The Morgan fingerprint density at radius 1 is 1.33 bits per heavy atom. The van der Waals surface area contributed by atoms with Gasteiger partial charge >= 0.3 is 5.97 Å². The molecule has 15 heavy (non-hydrogen) atoms. The van der Waals surface area contributed by atoms with Crippen molar-refractivity contribution in [2.75, 3.05) is 14.2 Å². The first kappa shape index (κ1) is 11.2. The van der Waals surface area contributed by atoms with Gasteiger partial charge in [0.1, 0.15) is 5.56 Å². The largest absolute Gasteiger partial charge is 0.504 e. The number of ether oxygens (including phenoxy) is 2. The number of phenols is 2. The third kappa shape index (κ3) is 1.81. The Bertz CT molecular complexity index is 397. The first-order chi connectivity index (χ1) is 7.02. The van der Waals surface area contributed by atoms with E-state index in [-0.39, 0.29) is 17.1 Å². The summed E-state index contributed by atoms with van der Waals surface area (Å²) in [5, 5.41) is 19.1. The number of phenolic OH excluding ortho intramolecular Hbond substituents is 2. The van der Waals surface area contributed by atoms with Gasteiger partial charge in [-0.25, -0.2) is 4.79 Å². The molecule has 0 aliphatic heterocycles. The van der Waals surface area contributed by atoms with Crippen molar-refractivity contribution in [1.82, 2.24) is 0 Å². The molecule has 0 aliphatic carbocycles. The summed E-state index contributed by atoms with van der Waals surface area (Å²) in [4.78, 5) is 11.3. The third-order valence-electron chi connectivity index (χ3n) is 2.03. The van der Waals surface area contributed by atoms with E-state index in [1.54, 1.807) is 6.92 Å². The molecule has 0 amide bonds. The van der Waals surface area contributed by atoms with Crippen molar-refractivity contribution in [1.29, 1.82) is 0 Å². The quantitative estimate of drug-likeness (QED) is 0.720. The van der Waals surface area contributed by atoms with Gasteiger partial charge in [-0.15, -0.1) is 0 Å². The summed E-state index contributed by atoms with van der Waals surface area (Å²) in [6, 6.07) is 1.32. The van der Waals surface area contributed by atoms with E-state index in [0.29, 0.717) is 5.56 Å². The third-order valence-corrected chi connectivity index (χ3v) is 2.03. The van der Waals surface area contributed by atoms with E-state index in [0.717, 1.165) is 0 Å².